The van der Waals surface area contributed by atoms with Crippen molar-refractivity contribution < 1.29 is 4.79 Å². The zero-order valence-corrected chi connectivity index (χ0v) is 15.1. The van der Waals surface area contributed by atoms with Gasteiger partial charge in [0.1, 0.15) is 5.82 Å². The Labute approximate surface area is 152 Å². The Hall–Kier alpha value is -2.89. The highest BCUT2D eigenvalue weighted by atomic mass is 16.2. The standard InChI is InChI=1S/C20H23N5O/c1-21-19-11-16(12-22-23-19)20(26)25-9-5-7-15(13-25)18-10-14-6-3-4-8-17(14)24(18)2/h3-4,6,8,10-12,15H,5,7,9,13H2,1-2H3,(H,21,23). The van der Waals surface area contributed by atoms with E-state index in [1.165, 1.54) is 16.6 Å². The van der Waals surface area contributed by atoms with Crippen molar-refractivity contribution in [3.05, 3.63) is 53.9 Å². The Morgan fingerprint density at radius 1 is 1.27 bits per heavy atom. The van der Waals surface area contributed by atoms with Crippen LogP contribution >= 0.6 is 0 Å². The highest BCUT2D eigenvalue weighted by Gasteiger charge is 2.27. The topological polar surface area (TPSA) is 63.1 Å². The van der Waals surface area contributed by atoms with E-state index in [4.69, 9.17) is 0 Å². The zero-order valence-electron chi connectivity index (χ0n) is 15.1. The lowest BCUT2D eigenvalue weighted by atomic mass is 9.94. The smallest absolute Gasteiger partial charge is 0.255 e. The summed E-state index contributed by atoms with van der Waals surface area (Å²) in [6.07, 6.45) is 3.66. The molecule has 0 spiro atoms. The number of amides is 1. The summed E-state index contributed by atoms with van der Waals surface area (Å²) in [6.45, 7) is 1.52. The molecule has 2 aromatic heterocycles. The van der Waals surface area contributed by atoms with Crippen LogP contribution in [-0.4, -0.2) is 45.7 Å². The molecule has 1 N–H and O–H groups in total. The number of benzene rings is 1. The lowest BCUT2D eigenvalue weighted by Gasteiger charge is -2.33. The van der Waals surface area contributed by atoms with Crippen LogP contribution in [0.3, 0.4) is 0 Å². The number of aryl methyl sites for hydroxylation is 1. The number of rotatable bonds is 3. The fraction of sp³-hybridized carbons (Fsp3) is 0.350. The van der Waals surface area contributed by atoms with E-state index < -0.39 is 0 Å². The second kappa shape index (κ2) is 6.78. The maximum absolute atomic E-state index is 12.9. The van der Waals surface area contributed by atoms with Crippen LogP contribution in [0.1, 0.15) is 34.8 Å². The van der Waals surface area contributed by atoms with Gasteiger partial charge in [0, 0.05) is 44.3 Å². The van der Waals surface area contributed by atoms with Gasteiger partial charge in [-0.1, -0.05) is 18.2 Å². The maximum Gasteiger partial charge on any atom is 0.255 e. The number of carbonyl (C=O) groups is 1. The van der Waals surface area contributed by atoms with Crippen LogP contribution in [0.15, 0.2) is 42.6 Å². The predicted molar refractivity (Wildman–Crippen MR) is 102 cm³/mol. The third-order valence-electron chi connectivity index (χ3n) is 5.27. The van der Waals surface area contributed by atoms with Crippen molar-refractivity contribution in [3.8, 4) is 0 Å². The molecule has 1 aromatic carbocycles. The average Bonchev–Trinajstić information content (AvgIpc) is 3.04. The third-order valence-corrected chi connectivity index (χ3v) is 5.27. The number of fused-ring (bicyclic) bond motifs is 1. The largest absolute Gasteiger partial charge is 0.372 e. The Kier molecular flexibility index (Phi) is 4.32. The second-order valence-electron chi connectivity index (χ2n) is 6.86. The number of carbonyl (C=O) groups excluding carboxylic acids is 1. The van der Waals surface area contributed by atoms with Crippen molar-refractivity contribution in [3.63, 3.8) is 0 Å². The Morgan fingerprint density at radius 2 is 2.12 bits per heavy atom. The fourth-order valence-electron chi connectivity index (χ4n) is 3.89. The summed E-state index contributed by atoms with van der Waals surface area (Å²) < 4.78 is 2.26. The van der Waals surface area contributed by atoms with Gasteiger partial charge >= 0.3 is 0 Å². The summed E-state index contributed by atoms with van der Waals surface area (Å²) in [5, 5.41) is 12.1. The van der Waals surface area contributed by atoms with E-state index in [-0.39, 0.29) is 5.91 Å². The number of piperidine rings is 1. The fourth-order valence-corrected chi connectivity index (χ4v) is 3.89. The molecular weight excluding hydrogens is 326 g/mol. The quantitative estimate of drug-likeness (QED) is 0.789. The first-order chi connectivity index (χ1) is 12.7. The van der Waals surface area contributed by atoms with Crippen LogP contribution in [0, 0.1) is 0 Å². The van der Waals surface area contributed by atoms with Crippen LogP contribution in [0.2, 0.25) is 0 Å². The summed E-state index contributed by atoms with van der Waals surface area (Å²) in [4.78, 5) is 14.9. The van der Waals surface area contributed by atoms with Crippen molar-refractivity contribution in [2.75, 3.05) is 25.5 Å². The molecule has 6 nitrogen and oxygen atoms in total. The van der Waals surface area contributed by atoms with E-state index in [0.29, 0.717) is 17.3 Å². The van der Waals surface area contributed by atoms with E-state index in [0.717, 1.165) is 25.9 Å². The van der Waals surface area contributed by atoms with E-state index in [1.54, 1.807) is 19.3 Å². The summed E-state index contributed by atoms with van der Waals surface area (Å²) in [5.41, 5.74) is 3.12. The van der Waals surface area contributed by atoms with Gasteiger partial charge in [-0.15, -0.1) is 5.10 Å². The Bertz CT molecular complexity index is 948. The van der Waals surface area contributed by atoms with E-state index in [9.17, 15) is 4.79 Å². The molecule has 0 radical (unpaired) electrons. The average molecular weight is 349 g/mol. The van der Waals surface area contributed by atoms with Gasteiger partial charge in [-0.3, -0.25) is 4.79 Å². The SMILES string of the molecule is CNc1cc(C(=O)N2CCCC(c3cc4ccccc4n3C)C2)cnn1. The van der Waals surface area contributed by atoms with Crippen LogP contribution in [0.5, 0.6) is 0 Å². The number of hydrogen-bond acceptors (Lipinski definition) is 4. The monoisotopic (exact) mass is 349 g/mol. The molecule has 3 heterocycles. The molecule has 1 unspecified atom stereocenters. The van der Waals surface area contributed by atoms with Gasteiger partial charge in [-0.05, 0) is 36.4 Å². The van der Waals surface area contributed by atoms with Gasteiger partial charge in [-0.2, -0.15) is 5.10 Å². The highest BCUT2D eigenvalue weighted by Crippen LogP contribution is 2.31. The Morgan fingerprint density at radius 3 is 2.92 bits per heavy atom. The number of hydrogen-bond donors (Lipinski definition) is 1. The van der Waals surface area contributed by atoms with Crippen molar-refractivity contribution >= 4 is 22.6 Å². The van der Waals surface area contributed by atoms with Crippen LogP contribution in [0.4, 0.5) is 5.82 Å². The van der Waals surface area contributed by atoms with Crippen LogP contribution < -0.4 is 5.32 Å². The number of nitrogens with one attached hydrogen (secondary N) is 1. The normalized spacial score (nSPS) is 17.5. The summed E-state index contributed by atoms with van der Waals surface area (Å²) in [7, 11) is 3.89. The minimum absolute atomic E-state index is 0.0277. The number of para-hydroxylation sites is 1. The first-order valence-electron chi connectivity index (χ1n) is 9.01. The molecular formula is C20H23N5O. The maximum atomic E-state index is 12.9. The molecule has 1 saturated heterocycles. The van der Waals surface area contributed by atoms with Crippen molar-refractivity contribution in [1.29, 1.82) is 0 Å². The minimum Gasteiger partial charge on any atom is -0.372 e. The van der Waals surface area contributed by atoms with Gasteiger partial charge in [0.2, 0.25) is 0 Å². The summed E-state index contributed by atoms with van der Waals surface area (Å²) in [5.74, 6) is 0.988. The zero-order chi connectivity index (χ0) is 18.1. The lowest BCUT2D eigenvalue weighted by molar-refractivity contribution is 0.0704. The van der Waals surface area contributed by atoms with E-state index in [2.05, 4.69) is 57.5 Å². The molecule has 1 aliphatic rings. The van der Waals surface area contributed by atoms with Gasteiger partial charge in [0.25, 0.3) is 5.91 Å². The molecule has 6 heteroatoms. The van der Waals surface area contributed by atoms with Gasteiger partial charge < -0.3 is 14.8 Å². The molecule has 1 aliphatic heterocycles. The molecule has 1 amide bonds. The minimum atomic E-state index is 0.0277. The first kappa shape index (κ1) is 16.6. The third kappa shape index (κ3) is 2.92. The van der Waals surface area contributed by atoms with Gasteiger partial charge in [0.15, 0.2) is 0 Å². The highest BCUT2D eigenvalue weighted by molar-refractivity contribution is 5.94. The number of aromatic nitrogens is 3. The summed E-state index contributed by atoms with van der Waals surface area (Å²) >= 11 is 0. The molecule has 26 heavy (non-hydrogen) atoms. The molecule has 134 valence electrons. The van der Waals surface area contributed by atoms with Crippen molar-refractivity contribution in [2.45, 2.75) is 18.8 Å². The molecule has 1 atom stereocenters. The second-order valence-corrected chi connectivity index (χ2v) is 6.86. The molecule has 1 fully saturated rings. The van der Waals surface area contributed by atoms with Crippen LogP contribution in [-0.2, 0) is 7.05 Å². The Balaban J connectivity index is 1.58. The predicted octanol–water partition coefficient (Wildman–Crippen LogP) is 3.03. The lowest BCUT2D eigenvalue weighted by Crippen LogP contribution is -2.39. The van der Waals surface area contributed by atoms with Crippen molar-refractivity contribution in [2.24, 2.45) is 7.05 Å². The molecule has 4 rings (SSSR count). The number of nitrogens with zero attached hydrogens (tertiary/aromatic N) is 4. The molecule has 0 saturated carbocycles. The van der Waals surface area contributed by atoms with Gasteiger partial charge in [-0.25, -0.2) is 0 Å². The van der Waals surface area contributed by atoms with Gasteiger partial charge in [0.05, 0.1) is 11.8 Å². The molecule has 0 bridgehead atoms. The molecule has 3 aromatic rings. The van der Waals surface area contributed by atoms with E-state index >= 15 is 0 Å². The van der Waals surface area contributed by atoms with Crippen LogP contribution in [0.25, 0.3) is 10.9 Å². The number of anilines is 1. The van der Waals surface area contributed by atoms with E-state index in [1.807, 2.05) is 4.90 Å². The first-order valence-corrected chi connectivity index (χ1v) is 9.01. The number of likely N-dealkylation sites (tertiary alicyclic amines) is 1. The summed E-state index contributed by atoms with van der Waals surface area (Å²) in [6, 6.07) is 12.5. The van der Waals surface area contributed by atoms with Crippen molar-refractivity contribution in [1.82, 2.24) is 19.7 Å². The molecule has 0 aliphatic carbocycles.